The van der Waals surface area contributed by atoms with Gasteiger partial charge in [-0.25, -0.2) is 0 Å². The maximum atomic E-state index is 5.42. The van der Waals surface area contributed by atoms with Crippen LogP contribution in [0.15, 0.2) is 48.5 Å². The van der Waals surface area contributed by atoms with E-state index in [-0.39, 0.29) is 0 Å². The first-order chi connectivity index (χ1) is 8.88. The summed E-state index contributed by atoms with van der Waals surface area (Å²) in [6.45, 7) is 0.997. The van der Waals surface area contributed by atoms with Crippen LogP contribution < -0.4 is 4.74 Å². The minimum absolute atomic E-state index is 0.924. The van der Waals surface area contributed by atoms with Crippen LogP contribution in [0.25, 0.3) is 0 Å². The maximum Gasteiger partial charge on any atom is 0.247 e. The molecule has 1 aliphatic rings. The van der Waals surface area contributed by atoms with Gasteiger partial charge in [0.25, 0.3) is 0 Å². The lowest BCUT2D eigenvalue weighted by atomic mass is 10.0. The first-order valence-corrected chi connectivity index (χ1v) is 6.21. The standard InChI is InChI=1S/C16H16NO/c1-18-16-9-5-4-8-15(16)17-11-10-13-6-2-3-7-14(13)12-17/h2-9,12H,10-11H2,1H3/q+1. The molecule has 0 aromatic heterocycles. The van der Waals surface area contributed by atoms with Gasteiger partial charge in [0.15, 0.2) is 18.5 Å². The molecule has 90 valence electrons. The Morgan fingerprint density at radius 2 is 1.78 bits per heavy atom. The van der Waals surface area contributed by atoms with Gasteiger partial charge >= 0.3 is 0 Å². The molecule has 0 atom stereocenters. The molecule has 0 saturated carbocycles. The zero-order valence-corrected chi connectivity index (χ0v) is 10.5. The molecule has 0 N–H and O–H groups in total. The van der Waals surface area contributed by atoms with Crippen molar-refractivity contribution in [3.63, 3.8) is 0 Å². The molecule has 2 aromatic rings. The van der Waals surface area contributed by atoms with Gasteiger partial charge in [0.2, 0.25) is 5.69 Å². The number of hydrogen-bond donors (Lipinski definition) is 0. The third-order valence-corrected chi connectivity index (χ3v) is 3.37. The Bertz CT molecular complexity index is 602. The first kappa shape index (κ1) is 11.0. The summed E-state index contributed by atoms with van der Waals surface area (Å²) in [6, 6.07) is 16.7. The normalized spacial score (nSPS) is 13.7. The van der Waals surface area contributed by atoms with Crippen LogP contribution in [-0.4, -0.2) is 24.4 Å². The van der Waals surface area contributed by atoms with E-state index in [4.69, 9.17) is 4.74 Å². The molecule has 3 rings (SSSR count). The predicted molar refractivity (Wildman–Crippen MR) is 73.1 cm³/mol. The Labute approximate surface area is 107 Å². The topological polar surface area (TPSA) is 12.2 Å². The molecule has 1 aliphatic heterocycles. The van der Waals surface area contributed by atoms with E-state index in [1.807, 2.05) is 18.2 Å². The monoisotopic (exact) mass is 238 g/mol. The SMILES string of the molecule is COc1ccccc1[N+]1=Cc2ccccc2CC1. The Balaban J connectivity index is 2.07. The number of benzene rings is 2. The van der Waals surface area contributed by atoms with Gasteiger partial charge in [0.05, 0.1) is 7.11 Å². The van der Waals surface area contributed by atoms with Gasteiger partial charge in [-0.05, 0) is 17.7 Å². The van der Waals surface area contributed by atoms with E-state index in [1.165, 1.54) is 11.1 Å². The van der Waals surface area contributed by atoms with Crippen molar-refractivity contribution >= 4 is 11.9 Å². The van der Waals surface area contributed by atoms with Crippen LogP contribution in [0.5, 0.6) is 5.75 Å². The first-order valence-electron chi connectivity index (χ1n) is 6.21. The lowest BCUT2D eigenvalue weighted by molar-refractivity contribution is -0.437. The highest BCUT2D eigenvalue weighted by molar-refractivity contribution is 5.80. The largest absolute Gasteiger partial charge is 0.490 e. The Kier molecular flexibility index (Phi) is 2.85. The molecule has 0 spiro atoms. The second kappa shape index (κ2) is 4.65. The number of ether oxygens (including phenoxy) is 1. The summed E-state index contributed by atoms with van der Waals surface area (Å²) in [4.78, 5) is 0. The molecule has 2 heteroatoms. The number of hydrogen-bond acceptors (Lipinski definition) is 1. The molecule has 0 bridgehead atoms. The molecular formula is C16H16NO+. The molecule has 0 fully saturated rings. The number of rotatable bonds is 2. The van der Waals surface area contributed by atoms with E-state index in [2.05, 4.69) is 41.1 Å². The summed E-state index contributed by atoms with van der Waals surface area (Å²) in [5, 5.41) is 0. The fourth-order valence-corrected chi connectivity index (χ4v) is 2.42. The third kappa shape index (κ3) is 1.90. The second-order valence-corrected chi connectivity index (χ2v) is 4.44. The molecule has 2 nitrogen and oxygen atoms in total. The van der Waals surface area contributed by atoms with E-state index in [9.17, 15) is 0 Å². The van der Waals surface area contributed by atoms with Crippen molar-refractivity contribution in [3.05, 3.63) is 59.7 Å². The summed E-state index contributed by atoms with van der Waals surface area (Å²) in [5.41, 5.74) is 3.85. The lowest BCUT2D eigenvalue weighted by Crippen LogP contribution is -2.19. The average molecular weight is 238 g/mol. The molecule has 0 amide bonds. The quantitative estimate of drug-likeness (QED) is 0.732. The molecule has 0 unspecified atom stereocenters. The van der Waals surface area contributed by atoms with Crippen molar-refractivity contribution in [1.82, 2.24) is 0 Å². The minimum atomic E-state index is 0.924. The van der Waals surface area contributed by atoms with E-state index in [0.29, 0.717) is 0 Å². The summed E-state index contributed by atoms with van der Waals surface area (Å²) in [7, 11) is 1.72. The van der Waals surface area contributed by atoms with E-state index in [1.54, 1.807) is 7.11 Å². The van der Waals surface area contributed by atoms with Crippen molar-refractivity contribution in [3.8, 4) is 5.75 Å². The molecule has 0 radical (unpaired) electrons. The van der Waals surface area contributed by atoms with Crippen molar-refractivity contribution in [2.75, 3.05) is 13.7 Å². The average Bonchev–Trinajstić information content (AvgIpc) is 2.46. The van der Waals surface area contributed by atoms with Crippen LogP contribution in [0, 0.1) is 0 Å². The van der Waals surface area contributed by atoms with Crippen LogP contribution in [0.1, 0.15) is 11.1 Å². The van der Waals surface area contributed by atoms with Gasteiger partial charge in [-0.1, -0.05) is 30.3 Å². The fraction of sp³-hybridized carbons (Fsp3) is 0.188. The highest BCUT2D eigenvalue weighted by atomic mass is 16.5. The van der Waals surface area contributed by atoms with E-state index in [0.717, 1.165) is 24.4 Å². The zero-order chi connectivity index (χ0) is 12.4. The van der Waals surface area contributed by atoms with Crippen LogP contribution in [0.3, 0.4) is 0 Å². The highest BCUT2D eigenvalue weighted by Crippen LogP contribution is 2.27. The van der Waals surface area contributed by atoms with Crippen molar-refractivity contribution in [1.29, 1.82) is 0 Å². The molecule has 0 saturated heterocycles. The molecule has 2 aromatic carbocycles. The second-order valence-electron chi connectivity index (χ2n) is 4.44. The van der Waals surface area contributed by atoms with E-state index >= 15 is 0 Å². The van der Waals surface area contributed by atoms with Crippen molar-refractivity contribution < 1.29 is 9.31 Å². The minimum Gasteiger partial charge on any atom is -0.490 e. The van der Waals surface area contributed by atoms with Crippen LogP contribution in [0.4, 0.5) is 5.69 Å². The smallest absolute Gasteiger partial charge is 0.247 e. The van der Waals surface area contributed by atoms with Gasteiger partial charge < -0.3 is 4.74 Å². The van der Waals surface area contributed by atoms with Gasteiger partial charge in [0, 0.05) is 18.1 Å². The maximum absolute atomic E-state index is 5.42. The third-order valence-electron chi connectivity index (χ3n) is 3.37. The van der Waals surface area contributed by atoms with Gasteiger partial charge in [0.1, 0.15) is 0 Å². The number of fused-ring (bicyclic) bond motifs is 1. The summed E-state index contributed by atoms with van der Waals surface area (Å²) >= 11 is 0. The fourth-order valence-electron chi connectivity index (χ4n) is 2.42. The van der Waals surface area contributed by atoms with Crippen LogP contribution in [-0.2, 0) is 6.42 Å². The van der Waals surface area contributed by atoms with Gasteiger partial charge in [-0.3, -0.25) is 0 Å². The summed E-state index contributed by atoms with van der Waals surface area (Å²) in [6.07, 6.45) is 3.28. The van der Waals surface area contributed by atoms with Gasteiger partial charge in [-0.2, -0.15) is 4.58 Å². The van der Waals surface area contributed by atoms with Crippen LogP contribution in [0.2, 0.25) is 0 Å². The Hall–Kier alpha value is -2.09. The molecular weight excluding hydrogens is 222 g/mol. The number of nitrogens with zero attached hydrogens (tertiary/aromatic N) is 1. The zero-order valence-electron chi connectivity index (χ0n) is 10.5. The van der Waals surface area contributed by atoms with E-state index < -0.39 is 0 Å². The Morgan fingerprint density at radius 1 is 1.00 bits per heavy atom. The van der Waals surface area contributed by atoms with Crippen molar-refractivity contribution in [2.24, 2.45) is 0 Å². The van der Waals surface area contributed by atoms with Crippen LogP contribution >= 0.6 is 0 Å². The van der Waals surface area contributed by atoms with Crippen molar-refractivity contribution in [2.45, 2.75) is 6.42 Å². The highest BCUT2D eigenvalue weighted by Gasteiger charge is 2.20. The molecule has 1 heterocycles. The lowest BCUT2D eigenvalue weighted by Gasteiger charge is -2.13. The molecule has 0 aliphatic carbocycles. The summed E-state index contributed by atoms with van der Waals surface area (Å²) < 4.78 is 7.69. The Morgan fingerprint density at radius 3 is 2.67 bits per heavy atom. The van der Waals surface area contributed by atoms with Gasteiger partial charge in [-0.15, -0.1) is 0 Å². The predicted octanol–water partition coefficient (Wildman–Crippen LogP) is 3.01. The number of para-hydroxylation sites is 2. The number of methoxy groups -OCH3 is 1. The summed E-state index contributed by atoms with van der Waals surface area (Å²) in [5.74, 6) is 0.924. The molecule has 18 heavy (non-hydrogen) atoms.